The van der Waals surface area contributed by atoms with E-state index in [4.69, 9.17) is 0 Å². The third-order valence-electron chi connectivity index (χ3n) is 3.00. The highest BCUT2D eigenvalue weighted by molar-refractivity contribution is 4.90. The molecule has 0 radical (unpaired) electrons. The molecule has 1 rings (SSSR count). The van der Waals surface area contributed by atoms with Gasteiger partial charge < -0.3 is 5.32 Å². The van der Waals surface area contributed by atoms with Gasteiger partial charge in [-0.25, -0.2) is 0 Å². The molecule has 0 saturated carbocycles. The van der Waals surface area contributed by atoms with Crippen LogP contribution in [0.4, 0.5) is 0 Å². The summed E-state index contributed by atoms with van der Waals surface area (Å²) in [6.45, 7) is 9.47. The maximum Gasteiger partial charge on any atom is 0.00201 e. The van der Waals surface area contributed by atoms with Crippen LogP contribution < -0.4 is 5.32 Å². The Hall–Kier alpha value is -0.0400. The van der Waals surface area contributed by atoms with Gasteiger partial charge in [-0.1, -0.05) is 27.2 Å². The topological polar surface area (TPSA) is 12.0 Å². The Morgan fingerprint density at radius 3 is 2.27 bits per heavy atom. The minimum absolute atomic E-state index is 0.685. The van der Waals surface area contributed by atoms with Gasteiger partial charge in [-0.2, -0.15) is 0 Å². The molecule has 1 aliphatic rings. The fourth-order valence-electron chi connectivity index (χ4n) is 1.68. The molecule has 1 heteroatoms. The van der Waals surface area contributed by atoms with Crippen LogP contribution in [0.3, 0.4) is 0 Å². The van der Waals surface area contributed by atoms with Crippen molar-refractivity contribution < 1.29 is 0 Å². The lowest BCUT2D eigenvalue weighted by atomic mass is 9.74. The first-order valence-corrected chi connectivity index (χ1v) is 4.89. The Bertz CT molecular complexity index is 109. The summed E-state index contributed by atoms with van der Waals surface area (Å²) in [6.07, 6.45) is 4.18. The first kappa shape index (κ1) is 9.05. The van der Waals surface area contributed by atoms with Crippen LogP contribution in [0.1, 0.15) is 40.0 Å². The summed E-state index contributed by atoms with van der Waals surface area (Å²) in [7, 11) is 0. The maximum absolute atomic E-state index is 3.38. The largest absolute Gasteiger partial charge is 0.316 e. The van der Waals surface area contributed by atoms with E-state index in [-0.39, 0.29) is 0 Å². The molecule has 0 unspecified atom stereocenters. The van der Waals surface area contributed by atoms with Crippen molar-refractivity contribution in [3.05, 3.63) is 0 Å². The molecule has 1 heterocycles. The van der Waals surface area contributed by atoms with Gasteiger partial charge in [-0.05, 0) is 24.2 Å². The van der Waals surface area contributed by atoms with E-state index in [0.717, 1.165) is 5.92 Å². The van der Waals surface area contributed by atoms with Gasteiger partial charge in [0.15, 0.2) is 0 Å². The van der Waals surface area contributed by atoms with Crippen molar-refractivity contribution in [2.24, 2.45) is 11.3 Å². The van der Waals surface area contributed by atoms with Crippen LogP contribution in [-0.4, -0.2) is 13.1 Å². The smallest absolute Gasteiger partial charge is 0.00201 e. The van der Waals surface area contributed by atoms with Crippen LogP contribution in [0, 0.1) is 11.3 Å². The summed E-state index contributed by atoms with van der Waals surface area (Å²) in [5, 5.41) is 3.38. The number of nitrogens with one attached hydrogen (secondary N) is 1. The highest BCUT2D eigenvalue weighted by atomic mass is 15.0. The molecule has 0 spiro atoms. The van der Waals surface area contributed by atoms with E-state index in [1.807, 2.05) is 0 Å². The van der Waals surface area contributed by atoms with E-state index >= 15 is 0 Å². The van der Waals surface area contributed by atoms with Gasteiger partial charge in [0.25, 0.3) is 0 Å². The van der Waals surface area contributed by atoms with Gasteiger partial charge in [0.05, 0.1) is 0 Å². The first-order chi connectivity index (χ1) is 5.18. The van der Waals surface area contributed by atoms with Crippen LogP contribution in [-0.2, 0) is 0 Å². The minimum Gasteiger partial charge on any atom is -0.316 e. The molecule has 1 nitrogen and oxygen atoms in total. The molecule has 0 atom stereocenters. The van der Waals surface area contributed by atoms with Crippen LogP contribution in [0.25, 0.3) is 0 Å². The SMILES string of the molecule is CCC1(CCC(C)C)CNC1. The first-order valence-electron chi connectivity index (χ1n) is 4.89. The predicted molar refractivity (Wildman–Crippen MR) is 49.7 cm³/mol. The quantitative estimate of drug-likeness (QED) is 0.657. The Morgan fingerprint density at radius 2 is 2.00 bits per heavy atom. The van der Waals surface area contributed by atoms with Gasteiger partial charge in [-0.15, -0.1) is 0 Å². The average Bonchev–Trinajstić information content (AvgIpc) is 1.86. The summed E-state index contributed by atoms with van der Waals surface area (Å²) in [5.41, 5.74) is 0.685. The van der Waals surface area contributed by atoms with E-state index in [0.29, 0.717) is 5.41 Å². The van der Waals surface area contributed by atoms with E-state index in [1.165, 1.54) is 32.4 Å². The molecular formula is C10H21N. The van der Waals surface area contributed by atoms with Crippen molar-refractivity contribution in [1.29, 1.82) is 0 Å². The third-order valence-corrected chi connectivity index (χ3v) is 3.00. The van der Waals surface area contributed by atoms with Gasteiger partial charge in [0.1, 0.15) is 0 Å². The molecule has 1 aliphatic heterocycles. The molecule has 0 aliphatic carbocycles. The van der Waals surface area contributed by atoms with Crippen molar-refractivity contribution in [3.8, 4) is 0 Å². The lowest BCUT2D eigenvalue weighted by molar-refractivity contribution is 0.136. The zero-order valence-electron chi connectivity index (χ0n) is 8.11. The molecule has 0 amide bonds. The predicted octanol–water partition coefficient (Wildman–Crippen LogP) is 2.42. The van der Waals surface area contributed by atoms with Crippen molar-refractivity contribution in [2.45, 2.75) is 40.0 Å². The lowest BCUT2D eigenvalue weighted by Gasteiger charge is -2.42. The summed E-state index contributed by atoms with van der Waals surface area (Å²) < 4.78 is 0. The molecule has 0 aromatic rings. The highest BCUT2D eigenvalue weighted by Gasteiger charge is 2.34. The highest BCUT2D eigenvalue weighted by Crippen LogP contribution is 2.33. The lowest BCUT2D eigenvalue weighted by Crippen LogP contribution is -2.53. The Kier molecular flexibility index (Phi) is 2.94. The molecule has 0 aromatic carbocycles. The second kappa shape index (κ2) is 3.57. The average molecular weight is 155 g/mol. The van der Waals surface area contributed by atoms with E-state index in [2.05, 4.69) is 26.1 Å². The monoisotopic (exact) mass is 155 g/mol. The van der Waals surface area contributed by atoms with Gasteiger partial charge in [-0.3, -0.25) is 0 Å². The molecule has 66 valence electrons. The minimum atomic E-state index is 0.685. The molecular weight excluding hydrogens is 134 g/mol. The second-order valence-corrected chi connectivity index (χ2v) is 4.39. The zero-order chi connectivity index (χ0) is 8.32. The summed E-state index contributed by atoms with van der Waals surface area (Å²) in [5.74, 6) is 0.874. The van der Waals surface area contributed by atoms with Crippen LogP contribution in [0.2, 0.25) is 0 Å². The van der Waals surface area contributed by atoms with Crippen LogP contribution >= 0.6 is 0 Å². The van der Waals surface area contributed by atoms with Gasteiger partial charge in [0.2, 0.25) is 0 Å². The van der Waals surface area contributed by atoms with Gasteiger partial charge in [0, 0.05) is 13.1 Å². The zero-order valence-corrected chi connectivity index (χ0v) is 8.11. The van der Waals surface area contributed by atoms with Crippen LogP contribution in [0.15, 0.2) is 0 Å². The van der Waals surface area contributed by atoms with E-state index in [9.17, 15) is 0 Å². The fraction of sp³-hybridized carbons (Fsp3) is 1.00. The second-order valence-electron chi connectivity index (χ2n) is 4.39. The van der Waals surface area contributed by atoms with E-state index < -0.39 is 0 Å². The van der Waals surface area contributed by atoms with Crippen molar-refractivity contribution in [3.63, 3.8) is 0 Å². The Morgan fingerprint density at radius 1 is 1.36 bits per heavy atom. The standard InChI is InChI=1S/C10H21N/c1-4-10(7-11-8-10)6-5-9(2)3/h9,11H,4-8H2,1-3H3. The summed E-state index contributed by atoms with van der Waals surface area (Å²) in [4.78, 5) is 0. The summed E-state index contributed by atoms with van der Waals surface area (Å²) in [6, 6.07) is 0. The molecule has 0 aromatic heterocycles. The van der Waals surface area contributed by atoms with Crippen molar-refractivity contribution in [2.75, 3.05) is 13.1 Å². The number of hydrogen-bond donors (Lipinski definition) is 1. The van der Waals surface area contributed by atoms with Crippen molar-refractivity contribution in [1.82, 2.24) is 5.32 Å². The third kappa shape index (κ3) is 2.19. The molecule has 0 bridgehead atoms. The van der Waals surface area contributed by atoms with Gasteiger partial charge >= 0.3 is 0 Å². The van der Waals surface area contributed by atoms with Crippen LogP contribution in [0.5, 0.6) is 0 Å². The Balaban J connectivity index is 2.22. The number of rotatable bonds is 4. The van der Waals surface area contributed by atoms with Crippen molar-refractivity contribution >= 4 is 0 Å². The molecule has 11 heavy (non-hydrogen) atoms. The molecule has 1 saturated heterocycles. The number of hydrogen-bond acceptors (Lipinski definition) is 1. The van der Waals surface area contributed by atoms with E-state index in [1.54, 1.807) is 0 Å². The normalized spacial score (nSPS) is 21.8. The fourth-order valence-corrected chi connectivity index (χ4v) is 1.68. The Labute approximate surface area is 70.6 Å². The molecule has 1 fully saturated rings. The summed E-state index contributed by atoms with van der Waals surface area (Å²) >= 11 is 0. The maximum atomic E-state index is 3.38. The molecule has 1 N–H and O–H groups in total.